The maximum Gasteiger partial charge on any atom is 0.244 e. The molecule has 0 saturated carbocycles. The summed E-state index contributed by atoms with van der Waals surface area (Å²) < 4.78 is 27.2. The van der Waals surface area contributed by atoms with Crippen LogP contribution >= 0.6 is 0 Å². The normalized spacial score (nSPS) is 17.5. The first-order chi connectivity index (χ1) is 18.4. The summed E-state index contributed by atoms with van der Waals surface area (Å²) in [6.45, 7) is 4.41. The lowest BCUT2D eigenvalue weighted by Gasteiger charge is -2.37. The highest BCUT2D eigenvalue weighted by atomic mass is 19.1. The molecule has 2 heterocycles. The van der Waals surface area contributed by atoms with Crippen LogP contribution in [0.5, 0.6) is 0 Å². The Bertz CT molecular complexity index is 1420. The topological polar surface area (TPSA) is 62.9 Å². The van der Waals surface area contributed by atoms with E-state index in [9.17, 15) is 18.8 Å². The summed E-state index contributed by atoms with van der Waals surface area (Å²) in [5.74, 6) is -0.833. The van der Waals surface area contributed by atoms with Crippen molar-refractivity contribution in [1.29, 1.82) is 5.26 Å². The lowest BCUT2D eigenvalue weighted by molar-refractivity contribution is -0.132. The van der Waals surface area contributed by atoms with E-state index in [0.29, 0.717) is 31.7 Å². The SMILES string of the molecule is CC1C=C(c2ccc(F)cc2)N(CC(=O)N2CCN(c3cccc(C#N)c3)CC2)N=C1c1ccc(F)cc1. The van der Waals surface area contributed by atoms with Gasteiger partial charge in [0.25, 0.3) is 0 Å². The standard InChI is InChI=1S/C30H27F2N5O/c1-21-17-28(23-5-9-25(31)10-6-23)37(34-30(21)24-7-11-26(32)12-8-24)20-29(38)36-15-13-35(14-16-36)27-4-2-3-22(18-27)19-33/h2-12,17-18,21H,13-16,20H2,1H3. The molecule has 0 N–H and O–H groups in total. The molecular weight excluding hydrogens is 484 g/mol. The highest BCUT2D eigenvalue weighted by Gasteiger charge is 2.28. The molecule has 38 heavy (non-hydrogen) atoms. The fraction of sp³-hybridized carbons (Fsp3) is 0.233. The van der Waals surface area contributed by atoms with Crippen LogP contribution in [-0.4, -0.2) is 54.3 Å². The zero-order valence-corrected chi connectivity index (χ0v) is 21.0. The predicted molar refractivity (Wildman–Crippen MR) is 143 cm³/mol. The van der Waals surface area contributed by atoms with E-state index >= 15 is 0 Å². The second-order valence-corrected chi connectivity index (χ2v) is 9.43. The number of halogens is 2. The minimum atomic E-state index is -0.338. The molecule has 1 saturated heterocycles. The molecule has 0 aliphatic carbocycles. The Labute approximate surface area is 220 Å². The monoisotopic (exact) mass is 511 g/mol. The number of nitrogens with zero attached hydrogens (tertiary/aromatic N) is 5. The van der Waals surface area contributed by atoms with Gasteiger partial charge in [0.2, 0.25) is 5.91 Å². The quantitative estimate of drug-likeness (QED) is 0.490. The van der Waals surface area contributed by atoms with Gasteiger partial charge in [-0.05, 0) is 71.8 Å². The van der Waals surface area contributed by atoms with Crippen molar-refractivity contribution in [3.05, 3.63) is 107 Å². The molecule has 8 heteroatoms. The van der Waals surface area contributed by atoms with Crippen LogP contribution in [0.2, 0.25) is 0 Å². The van der Waals surface area contributed by atoms with E-state index in [0.717, 1.165) is 28.2 Å². The van der Waals surface area contributed by atoms with Gasteiger partial charge in [0.15, 0.2) is 0 Å². The van der Waals surface area contributed by atoms with E-state index in [1.807, 2.05) is 36.1 Å². The van der Waals surface area contributed by atoms with Gasteiger partial charge in [0.05, 0.1) is 23.0 Å². The first-order valence-electron chi connectivity index (χ1n) is 12.5. The summed E-state index contributed by atoms with van der Waals surface area (Å²) in [7, 11) is 0. The smallest absolute Gasteiger partial charge is 0.244 e. The lowest BCUT2D eigenvalue weighted by Crippen LogP contribution is -2.51. The van der Waals surface area contributed by atoms with E-state index in [-0.39, 0.29) is 30.0 Å². The molecule has 0 radical (unpaired) electrons. The molecule has 192 valence electrons. The Morgan fingerprint density at radius 1 is 0.947 bits per heavy atom. The molecule has 1 unspecified atom stereocenters. The number of hydrazone groups is 1. The van der Waals surface area contributed by atoms with Crippen molar-refractivity contribution in [2.75, 3.05) is 37.6 Å². The Balaban J connectivity index is 1.35. The average molecular weight is 512 g/mol. The fourth-order valence-electron chi connectivity index (χ4n) is 4.82. The van der Waals surface area contributed by atoms with Crippen molar-refractivity contribution < 1.29 is 13.6 Å². The Morgan fingerprint density at radius 2 is 1.58 bits per heavy atom. The highest BCUT2D eigenvalue weighted by molar-refractivity contribution is 6.05. The number of nitriles is 1. The third-order valence-corrected chi connectivity index (χ3v) is 6.88. The van der Waals surface area contributed by atoms with Gasteiger partial charge in [0, 0.05) is 37.8 Å². The van der Waals surface area contributed by atoms with Gasteiger partial charge in [-0.25, -0.2) is 8.78 Å². The van der Waals surface area contributed by atoms with Gasteiger partial charge < -0.3 is 9.80 Å². The first kappa shape index (κ1) is 25.2. The maximum absolute atomic E-state index is 13.6. The van der Waals surface area contributed by atoms with Gasteiger partial charge >= 0.3 is 0 Å². The minimum absolute atomic E-state index is 0.0184. The first-order valence-corrected chi connectivity index (χ1v) is 12.5. The summed E-state index contributed by atoms with van der Waals surface area (Å²) in [5, 5.41) is 15.7. The zero-order valence-electron chi connectivity index (χ0n) is 21.0. The maximum atomic E-state index is 13.6. The third kappa shape index (κ3) is 5.42. The lowest BCUT2D eigenvalue weighted by atomic mass is 9.94. The molecule has 6 nitrogen and oxygen atoms in total. The van der Waals surface area contributed by atoms with Crippen LogP contribution in [0.15, 0.2) is 84.0 Å². The Kier molecular flexibility index (Phi) is 7.18. The number of piperazine rings is 1. The molecule has 0 aromatic heterocycles. The number of amides is 1. The van der Waals surface area contributed by atoms with Crippen molar-refractivity contribution in [2.45, 2.75) is 6.92 Å². The number of anilines is 1. The van der Waals surface area contributed by atoms with Crippen LogP contribution in [0, 0.1) is 28.9 Å². The largest absolute Gasteiger partial charge is 0.368 e. The number of carbonyl (C=O) groups excluding carboxylic acids is 1. The number of hydrogen-bond donors (Lipinski definition) is 0. The van der Waals surface area contributed by atoms with Crippen LogP contribution < -0.4 is 4.90 Å². The molecule has 1 amide bonds. The molecule has 0 spiro atoms. The molecule has 0 bridgehead atoms. The number of hydrogen-bond acceptors (Lipinski definition) is 5. The van der Waals surface area contributed by atoms with Crippen LogP contribution in [0.3, 0.4) is 0 Å². The van der Waals surface area contributed by atoms with E-state index in [4.69, 9.17) is 5.10 Å². The Morgan fingerprint density at radius 3 is 2.21 bits per heavy atom. The van der Waals surface area contributed by atoms with Crippen LogP contribution in [0.1, 0.15) is 23.6 Å². The van der Waals surface area contributed by atoms with Gasteiger partial charge in [-0.15, -0.1) is 0 Å². The van der Waals surface area contributed by atoms with Crippen molar-refractivity contribution >= 4 is 23.0 Å². The van der Waals surface area contributed by atoms with Crippen molar-refractivity contribution in [2.24, 2.45) is 11.0 Å². The summed E-state index contributed by atoms with van der Waals surface area (Å²) in [6, 6.07) is 21.9. The van der Waals surface area contributed by atoms with Crippen molar-refractivity contribution in [1.82, 2.24) is 9.91 Å². The second-order valence-electron chi connectivity index (χ2n) is 9.43. The van der Waals surface area contributed by atoms with Crippen molar-refractivity contribution in [3.63, 3.8) is 0 Å². The number of allylic oxidation sites excluding steroid dienone is 1. The number of rotatable bonds is 5. The Hall–Kier alpha value is -4.51. The molecule has 5 rings (SSSR count). The fourth-order valence-corrected chi connectivity index (χ4v) is 4.82. The summed E-state index contributed by atoms with van der Waals surface area (Å²) in [5.41, 5.74) is 4.56. The molecule has 3 aromatic rings. The third-order valence-electron chi connectivity index (χ3n) is 6.88. The van der Waals surface area contributed by atoms with E-state index in [2.05, 4.69) is 11.0 Å². The molecular formula is C30H27F2N5O. The van der Waals surface area contributed by atoms with E-state index in [1.54, 1.807) is 35.3 Å². The van der Waals surface area contributed by atoms with E-state index < -0.39 is 0 Å². The van der Waals surface area contributed by atoms with Gasteiger partial charge in [-0.2, -0.15) is 10.4 Å². The van der Waals surface area contributed by atoms with Crippen molar-refractivity contribution in [3.8, 4) is 6.07 Å². The summed E-state index contributed by atoms with van der Waals surface area (Å²) in [6.07, 6.45) is 2.01. The van der Waals surface area contributed by atoms with Crippen LogP contribution in [0.4, 0.5) is 14.5 Å². The van der Waals surface area contributed by atoms with E-state index in [1.165, 1.54) is 24.3 Å². The number of benzene rings is 3. The van der Waals surface area contributed by atoms with Gasteiger partial charge in [-0.1, -0.05) is 25.1 Å². The molecule has 1 atom stereocenters. The van der Waals surface area contributed by atoms with Gasteiger partial charge in [0.1, 0.15) is 18.2 Å². The van der Waals surface area contributed by atoms with Crippen LogP contribution in [-0.2, 0) is 4.79 Å². The van der Waals surface area contributed by atoms with Crippen LogP contribution in [0.25, 0.3) is 5.70 Å². The summed E-state index contributed by atoms with van der Waals surface area (Å²) in [4.78, 5) is 17.4. The minimum Gasteiger partial charge on any atom is -0.368 e. The molecule has 1 fully saturated rings. The van der Waals surface area contributed by atoms with Gasteiger partial charge in [-0.3, -0.25) is 9.80 Å². The second kappa shape index (κ2) is 10.9. The predicted octanol–water partition coefficient (Wildman–Crippen LogP) is 4.88. The highest BCUT2D eigenvalue weighted by Crippen LogP contribution is 2.29. The summed E-state index contributed by atoms with van der Waals surface area (Å²) >= 11 is 0. The zero-order chi connectivity index (χ0) is 26.6. The average Bonchev–Trinajstić information content (AvgIpc) is 2.95. The molecule has 3 aromatic carbocycles. The number of carbonyl (C=O) groups is 1. The molecule has 2 aliphatic rings. The molecule has 2 aliphatic heterocycles.